The number of nitrogens with two attached hydrogens (primary N) is 1. The van der Waals surface area contributed by atoms with Gasteiger partial charge >= 0.3 is 0 Å². The lowest BCUT2D eigenvalue weighted by Gasteiger charge is -2.22. The molecule has 0 aliphatic rings. The number of phenolic OH excluding ortho intramolecular Hbond substituents is 1. The van der Waals surface area contributed by atoms with Crippen LogP contribution in [0.1, 0.15) is 52.9 Å². The van der Waals surface area contributed by atoms with Gasteiger partial charge in [-0.15, -0.1) is 0 Å². The van der Waals surface area contributed by atoms with E-state index in [2.05, 4.69) is 11.4 Å². The summed E-state index contributed by atoms with van der Waals surface area (Å²) in [6.07, 6.45) is 9.50. The molecular weight excluding hydrogens is 526 g/mol. The molecule has 4 rings (SSSR count). The Hall–Kier alpha value is -4.62. The topological polar surface area (TPSA) is 109 Å². The fourth-order valence-electron chi connectivity index (χ4n) is 4.68. The molecule has 0 aliphatic carbocycles. The molecule has 0 fully saturated rings. The van der Waals surface area contributed by atoms with Crippen LogP contribution >= 0.6 is 0 Å². The minimum atomic E-state index is -0.128. The van der Waals surface area contributed by atoms with Gasteiger partial charge < -0.3 is 25.5 Å². The van der Waals surface area contributed by atoms with Gasteiger partial charge in [0.15, 0.2) is 0 Å². The van der Waals surface area contributed by atoms with Gasteiger partial charge in [-0.3, -0.25) is 9.59 Å². The Morgan fingerprint density at radius 3 is 2.38 bits per heavy atom. The van der Waals surface area contributed by atoms with Gasteiger partial charge in [-0.2, -0.15) is 0 Å². The maximum absolute atomic E-state index is 13.3. The summed E-state index contributed by atoms with van der Waals surface area (Å²) in [7, 11) is 0. The third-order valence-corrected chi connectivity index (χ3v) is 7.03. The first kappa shape index (κ1) is 30.3. The number of phenols is 1. The van der Waals surface area contributed by atoms with Crippen LogP contribution in [-0.2, 0) is 17.8 Å². The van der Waals surface area contributed by atoms with Crippen molar-refractivity contribution in [1.82, 2.24) is 10.2 Å². The summed E-state index contributed by atoms with van der Waals surface area (Å²) in [6.45, 7) is 2.26. The molecule has 0 radical (unpaired) electrons. The predicted molar refractivity (Wildman–Crippen MR) is 167 cm³/mol. The Bertz CT molecular complexity index is 1450. The Morgan fingerprint density at radius 1 is 0.857 bits per heavy atom. The average molecular weight is 566 g/mol. The molecular formula is C35H39N3O4. The third-order valence-electron chi connectivity index (χ3n) is 7.03. The van der Waals surface area contributed by atoms with Crippen LogP contribution in [0.5, 0.6) is 5.75 Å². The minimum Gasteiger partial charge on any atom is -0.508 e. The fraction of sp³-hybridized carbons (Fsp3) is 0.257. The first-order chi connectivity index (χ1) is 20.5. The Kier molecular flexibility index (Phi) is 11.5. The molecule has 42 heavy (non-hydrogen) atoms. The molecule has 0 aliphatic heterocycles. The third kappa shape index (κ3) is 9.49. The molecule has 0 atom stereocenters. The number of carbonyl (C=O) groups excluding carboxylic acids is 2. The highest BCUT2D eigenvalue weighted by molar-refractivity contribution is 5.95. The van der Waals surface area contributed by atoms with Crippen LogP contribution in [0.4, 0.5) is 0 Å². The minimum absolute atomic E-state index is 0.0822. The van der Waals surface area contributed by atoms with Gasteiger partial charge in [0.25, 0.3) is 5.91 Å². The molecule has 0 spiro atoms. The van der Waals surface area contributed by atoms with E-state index in [0.29, 0.717) is 43.9 Å². The zero-order chi connectivity index (χ0) is 29.6. The van der Waals surface area contributed by atoms with Crippen LogP contribution in [0.2, 0.25) is 0 Å². The molecule has 0 saturated carbocycles. The van der Waals surface area contributed by atoms with E-state index in [1.54, 1.807) is 41.5 Å². The summed E-state index contributed by atoms with van der Waals surface area (Å²) in [6, 6.07) is 26.3. The molecule has 0 bridgehead atoms. The molecule has 218 valence electrons. The molecule has 4 N–H and O–H groups in total. The second-order valence-corrected chi connectivity index (χ2v) is 10.3. The standard InChI is InChI=1S/C35H39N3O4/c36-20-3-1-2-4-21-37-35(41)31-11-6-10-30(25-31)29-9-5-8-28(24-29)26-38(22-19-27-13-15-32(39)16-14-27)34(40)18-17-33-12-7-23-42-33/h5-18,23-25,39H,1-4,19-22,26,36H2,(H,37,41)/b18-17+. The average Bonchev–Trinajstić information content (AvgIpc) is 3.54. The molecule has 0 saturated heterocycles. The highest BCUT2D eigenvalue weighted by atomic mass is 16.3. The van der Waals surface area contributed by atoms with Gasteiger partial charge in [0.05, 0.1) is 6.26 Å². The number of amides is 2. The molecule has 1 aromatic heterocycles. The summed E-state index contributed by atoms with van der Waals surface area (Å²) in [5, 5.41) is 12.6. The van der Waals surface area contributed by atoms with E-state index in [0.717, 1.165) is 47.9 Å². The van der Waals surface area contributed by atoms with Crippen LogP contribution in [0.25, 0.3) is 17.2 Å². The summed E-state index contributed by atoms with van der Waals surface area (Å²) in [5.41, 5.74) is 10.1. The number of hydrogen-bond donors (Lipinski definition) is 3. The summed E-state index contributed by atoms with van der Waals surface area (Å²) >= 11 is 0. The number of carbonyl (C=O) groups is 2. The van der Waals surface area contributed by atoms with Gasteiger partial charge in [-0.25, -0.2) is 0 Å². The van der Waals surface area contributed by atoms with Gasteiger partial charge in [0.2, 0.25) is 5.91 Å². The lowest BCUT2D eigenvalue weighted by molar-refractivity contribution is -0.126. The van der Waals surface area contributed by atoms with E-state index in [4.69, 9.17) is 10.2 Å². The molecule has 4 aromatic rings. The fourth-order valence-corrected chi connectivity index (χ4v) is 4.68. The van der Waals surface area contributed by atoms with Crippen molar-refractivity contribution in [2.45, 2.75) is 38.6 Å². The maximum Gasteiger partial charge on any atom is 0.251 e. The smallest absolute Gasteiger partial charge is 0.251 e. The van der Waals surface area contributed by atoms with Crippen LogP contribution < -0.4 is 11.1 Å². The number of nitrogens with one attached hydrogen (secondary N) is 1. The number of unbranched alkanes of at least 4 members (excludes halogenated alkanes) is 3. The van der Waals surface area contributed by atoms with E-state index >= 15 is 0 Å². The number of nitrogens with zero attached hydrogens (tertiary/aromatic N) is 1. The second kappa shape index (κ2) is 16.0. The first-order valence-corrected chi connectivity index (χ1v) is 14.5. The van der Waals surface area contributed by atoms with Crippen LogP contribution in [0, 0.1) is 0 Å². The van der Waals surface area contributed by atoms with Crippen LogP contribution in [0.3, 0.4) is 0 Å². The first-order valence-electron chi connectivity index (χ1n) is 14.5. The van der Waals surface area contributed by atoms with Gasteiger partial charge in [0.1, 0.15) is 11.5 Å². The van der Waals surface area contributed by atoms with Crippen molar-refractivity contribution in [1.29, 1.82) is 0 Å². The lowest BCUT2D eigenvalue weighted by atomic mass is 10.0. The molecule has 0 unspecified atom stereocenters. The van der Waals surface area contributed by atoms with Crippen molar-refractivity contribution in [2.24, 2.45) is 5.73 Å². The molecule has 2 amide bonds. The largest absolute Gasteiger partial charge is 0.508 e. The maximum atomic E-state index is 13.3. The quantitative estimate of drug-likeness (QED) is 0.118. The van der Waals surface area contributed by atoms with E-state index in [-0.39, 0.29) is 17.6 Å². The van der Waals surface area contributed by atoms with Gasteiger partial charge in [-0.1, -0.05) is 55.3 Å². The van der Waals surface area contributed by atoms with Crippen molar-refractivity contribution >= 4 is 17.9 Å². The molecule has 7 heteroatoms. The highest BCUT2D eigenvalue weighted by Crippen LogP contribution is 2.23. The second-order valence-electron chi connectivity index (χ2n) is 10.3. The summed E-state index contributed by atoms with van der Waals surface area (Å²) in [5.74, 6) is 0.613. The number of aromatic hydroxyl groups is 1. The number of hydrogen-bond acceptors (Lipinski definition) is 5. The van der Waals surface area contributed by atoms with Crippen LogP contribution in [-0.4, -0.2) is 41.5 Å². The highest BCUT2D eigenvalue weighted by Gasteiger charge is 2.14. The van der Waals surface area contributed by atoms with E-state index in [1.165, 1.54) is 6.08 Å². The van der Waals surface area contributed by atoms with Gasteiger partial charge in [-0.05, 0) is 96.6 Å². The van der Waals surface area contributed by atoms with E-state index < -0.39 is 0 Å². The van der Waals surface area contributed by atoms with E-state index in [9.17, 15) is 14.7 Å². The van der Waals surface area contributed by atoms with Crippen molar-refractivity contribution in [2.75, 3.05) is 19.6 Å². The van der Waals surface area contributed by atoms with Gasteiger partial charge in [0, 0.05) is 31.3 Å². The molecule has 3 aromatic carbocycles. The van der Waals surface area contributed by atoms with Crippen molar-refractivity contribution in [3.8, 4) is 16.9 Å². The lowest BCUT2D eigenvalue weighted by Crippen LogP contribution is -2.31. The number of benzene rings is 3. The summed E-state index contributed by atoms with van der Waals surface area (Å²) in [4.78, 5) is 27.8. The number of furan rings is 1. The Labute approximate surface area is 247 Å². The van der Waals surface area contributed by atoms with Crippen molar-refractivity contribution < 1.29 is 19.1 Å². The van der Waals surface area contributed by atoms with E-state index in [1.807, 2.05) is 54.6 Å². The zero-order valence-electron chi connectivity index (χ0n) is 23.9. The normalized spacial score (nSPS) is 11.1. The molecule has 1 heterocycles. The summed E-state index contributed by atoms with van der Waals surface area (Å²) < 4.78 is 5.34. The monoisotopic (exact) mass is 565 g/mol. The Balaban J connectivity index is 1.45. The SMILES string of the molecule is NCCCCCCNC(=O)c1cccc(-c2cccc(CN(CCc3ccc(O)cc3)C(=O)/C=C/c3ccco3)c2)c1. The Morgan fingerprint density at radius 2 is 1.62 bits per heavy atom. The number of rotatable bonds is 15. The molecule has 7 nitrogen and oxygen atoms in total. The van der Waals surface area contributed by atoms with Crippen LogP contribution in [0.15, 0.2) is 102 Å². The predicted octanol–water partition coefficient (Wildman–Crippen LogP) is 6.19. The zero-order valence-corrected chi connectivity index (χ0v) is 23.9. The van der Waals surface area contributed by atoms with Crippen molar-refractivity contribution in [3.05, 3.63) is 120 Å². The van der Waals surface area contributed by atoms with Crippen molar-refractivity contribution in [3.63, 3.8) is 0 Å².